The maximum absolute atomic E-state index is 11.7. The van der Waals surface area contributed by atoms with Gasteiger partial charge in [-0.3, -0.25) is 0 Å². The summed E-state index contributed by atoms with van der Waals surface area (Å²) in [6.07, 6.45) is 3.51. The Morgan fingerprint density at radius 3 is 2.83 bits per heavy atom. The van der Waals surface area contributed by atoms with Crippen LogP contribution in [-0.4, -0.2) is 23.3 Å². The molecule has 3 nitrogen and oxygen atoms in total. The van der Waals surface area contributed by atoms with Gasteiger partial charge in [0.2, 0.25) is 0 Å². The Labute approximate surface area is 108 Å². The summed E-state index contributed by atoms with van der Waals surface area (Å²) in [6, 6.07) is 0. The molecular weight excluding hydrogens is 228 g/mol. The van der Waals surface area contributed by atoms with Crippen LogP contribution in [0.25, 0.3) is 0 Å². The van der Waals surface area contributed by atoms with Crippen LogP contribution in [0.2, 0.25) is 0 Å². The molecule has 1 aliphatic heterocycles. The average Bonchev–Trinajstić information content (AvgIpc) is 2.60. The number of aliphatic hydroxyl groups is 1. The topological polar surface area (TPSA) is 46.5 Å². The lowest BCUT2D eigenvalue weighted by atomic mass is 9.53. The van der Waals surface area contributed by atoms with Crippen LogP contribution in [0.4, 0.5) is 0 Å². The molecule has 0 spiro atoms. The van der Waals surface area contributed by atoms with E-state index in [4.69, 9.17) is 4.74 Å². The number of aliphatic hydroxyl groups excluding tert-OH is 1. The van der Waals surface area contributed by atoms with E-state index in [1.807, 2.05) is 6.92 Å². The van der Waals surface area contributed by atoms with E-state index in [0.717, 1.165) is 24.0 Å². The summed E-state index contributed by atoms with van der Waals surface area (Å²) < 4.78 is 5.36. The van der Waals surface area contributed by atoms with Gasteiger partial charge in [-0.2, -0.15) is 0 Å². The van der Waals surface area contributed by atoms with Crippen LogP contribution in [0.1, 0.15) is 46.5 Å². The number of ether oxygens (including phenoxy) is 1. The van der Waals surface area contributed by atoms with E-state index in [0.29, 0.717) is 5.92 Å². The minimum atomic E-state index is -0.511. The van der Waals surface area contributed by atoms with Gasteiger partial charge in [0.05, 0.1) is 6.10 Å². The lowest BCUT2D eigenvalue weighted by molar-refractivity contribution is -0.154. The molecule has 3 aliphatic rings. The predicted molar refractivity (Wildman–Crippen MR) is 67.8 cm³/mol. The number of carbonyl (C=O) groups is 1. The standard InChI is InChI=1S/C15H22O3/c1-8-5-4-6-11-12(16)13-10(7-15(8,11)3)9(2)14(17)18-13/h8,11-13,16H,4-7H2,1-3H3/t8-,11+,12+,13+,15+/m0/s1. The monoisotopic (exact) mass is 250 g/mol. The molecule has 0 bridgehead atoms. The fourth-order valence-electron chi connectivity index (χ4n) is 4.28. The van der Waals surface area contributed by atoms with Crippen molar-refractivity contribution in [3.8, 4) is 0 Å². The van der Waals surface area contributed by atoms with Crippen molar-refractivity contribution in [2.75, 3.05) is 0 Å². The van der Waals surface area contributed by atoms with Gasteiger partial charge in [-0.15, -0.1) is 0 Å². The molecule has 0 unspecified atom stereocenters. The van der Waals surface area contributed by atoms with Gasteiger partial charge in [0.1, 0.15) is 0 Å². The molecule has 0 aromatic rings. The highest BCUT2D eigenvalue weighted by molar-refractivity contribution is 5.91. The maximum atomic E-state index is 11.7. The van der Waals surface area contributed by atoms with Crippen molar-refractivity contribution >= 4 is 5.97 Å². The van der Waals surface area contributed by atoms with E-state index < -0.39 is 6.10 Å². The summed E-state index contributed by atoms with van der Waals surface area (Å²) in [5, 5.41) is 10.6. The van der Waals surface area contributed by atoms with E-state index in [1.165, 1.54) is 12.8 Å². The van der Waals surface area contributed by atoms with Gasteiger partial charge in [0, 0.05) is 5.57 Å². The van der Waals surface area contributed by atoms with Gasteiger partial charge in [-0.25, -0.2) is 4.79 Å². The Morgan fingerprint density at radius 2 is 2.11 bits per heavy atom. The van der Waals surface area contributed by atoms with Crippen LogP contribution < -0.4 is 0 Å². The van der Waals surface area contributed by atoms with Gasteiger partial charge >= 0.3 is 5.97 Å². The van der Waals surface area contributed by atoms with Crippen molar-refractivity contribution in [3.05, 3.63) is 11.1 Å². The van der Waals surface area contributed by atoms with Crippen LogP contribution in [0.15, 0.2) is 11.1 Å². The van der Waals surface area contributed by atoms with Crippen LogP contribution in [0.3, 0.4) is 0 Å². The molecule has 1 N–H and O–H groups in total. The van der Waals surface area contributed by atoms with Gasteiger partial charge in [-0.1, -0.05) is 26.7 Å². The summed E-state index contributed by atoms with van der Waals surface area (Å²) in [7, 11) is 0. The Morgan fingerprint density at radius 1 is 1.39 bits per heavy atom. The molecule has 100 valence electrons. The normalized spacial score (nSPS) is 47.7. The van der Waals surface area contributed by atoms with E-state index in [2.05, 4.69) is 13.8 Å². The van der Waals surface area contributed by atoms with E-state index >= 15 is 0 Å². The lowest BCUT2D eigenvalue weighted by Crippen LogP contribution is -2.53. The number of fused-ring (bicyclic) bond motifs is 2. The molecule has 0 aromatic heterocycles. The zero-order chi connectivity index (χ0) is 13.1. The van der Waals surface area contributed by atoms with Crippen molar-refractivity contribution in [1.29, 1.82) is 0 Å². The summed E-state index contributed by atoms with van der Waals surface area (Å²) in [5.41, 5.74) is 1.91. The molecular formula is C15H22O3. The number of esters is 1. The van der Waals surface area contributed by atoms with E-state index in [1.54, 1.807) is 0 Å². The van der Waals surface area contributed by atoms with E-state index in [9.17, 15) is 9.90 Å². The lowest BCUT2D eigenvalue weighted by Gasteiger charge is -2.53. The highest BCUT2D eigenvalue weighted by Gasteiger charge is 2.55. The summed E-state index contributed by atoms with van der Waals surface area (Å²) >= 11 is 0. The Kier molecular flexibility index (Phi) is 2.60. The predicted octanol–water partition coefficient (Wildman–Crippen LogP) is 2.44. The van der Waals surface area contributed by atoms with Crippen LogP contribution >= 0.6 is 0 Å². The number of rotatable bonds is 0. The first-order valence-electron chi connectivity index (χ1n) is 7.04. The second kappa shape index (κ2) is 3.83. The number of carbonyl (C=O) groups excluding carboxylic acids is 1. The Bertz CT molecular complexity index is 425. The first-order chi connectivity index (χ1) is 8.45. The maximum Gasteiger partial charge on any atom is 0.334 e. The SMILES string of the molecule is CC1=C2C[C@@]3(C)[C@H](CCC[C@@H]3C)[C@@H](O)[C@@H]2OC1=O. The summed E-state index contributed by atoms with van der Waals surface area (Å²) in [6.45, 7) is 6.40. The van der Waals surface area contributed by atoms with Crippen LogP contribution in [0, 0.1) is 17.3 Å². The van der Waals surface area contributed by atoms with Crippen molar-refractivity contribution in [1.82, 2.24) is 0 Å². The molecule has 3 heteroatoms. The third kappa shape index (κ3) is 1.43. The van der Waals surface area contributed by atoms with Crippen molar-refractivity contribution in [2.45, 2.75) is 58.7 Å². The molecule has 2 fully saturated rings. The van der Waals surface area contributed by atoms with E-state index in [-0.39, 0.29) is 23.4 Å². The molecule has 3 rings (SSSR count). The minimum absolute atomic E-state index is 0.124. The molecule has 0 saturated heterocycles. The molecule has 0 aromatic carbocycles. The average molecular weight is 250 g/mol. The summed E-state index contributed by atoms with van der Waals surface area (Å²) in [5.74, 6) is 0.639. The highest BCUT2D eigenvalue weighted by Crippen LogP contribution is 2.56. The Balaban J connectivity index is 2.02. The van der Waals surface area contributed by atoms with Crippen molar-refractivity contribution in [3.63, 3.8) is 0 Å². The largest absolute Gasteiger partial charge is 0.452 e. The van der Waals surface area contributed by atoms with Gasteiger partial charge in [0.15, 0.2) is 6.10 Å². The third-order valence-corrected chi connectivity index (χ3v) is 5.78. The van der Waals surface area contributed by atoms with Crippen molar-refractivity contribution < 1.29 is 14.6 Å². The fourth-order valence-corrected chi connectivity index (χ4v) is 4.28. The second-order valence-corrected chi connectivity index (χ2v) is 6.59. The molecule has 5 atom stereocenters. The first kappa shape index (κ1) is 12.2. The van der Waals surface area contributed by atoms with Crippen LogP contribution in [-0.2, 0) is 9.53 Å². The van der Waals surface area contributed by atoms with Crippen LogP contribution in [0.5, 0.6) is 0 Å². The summed E-state index contributed by atoms with van der Waals surface area (Å²) in [4.78, 5) is 11.7. The molecule has 18 heavy (non-hydrogen) atoms. The third-order valence-electron chi connectivity index (χ3n) is 5.78. The van der Waals surface area contributed by atoms with Gasteiger partial charge in [0.25, 0.3) is 0 Å². The number of hydrogen-bond donors (Lipinski definition) is 1. The van der Waals surface area contributed by atoms with Gasteiger partial charge < -0.3 is 9.84 Å². The van der Waals surface area contributed by atoms with Gasteiger partial charge in [-0.05, 0) is 42.6 Å². The molecule has 0 amide bonds. The quantitative estimate of drug-likeness (QED) is 0.672. The Hall–Kier alpha value is -0.830. The molecule has 2 saturated carbocycles. The molecule has 2 aliphatic carbocycles. The smallest absolute Gasteiger partial charge is 0.334 e. The first-order valence-corrected chi connectivity index (χ1v) is 7.04. The molecule has 1 heterocycles. The zero-order valence-electron chi connectivity index (χ0n) is 11.4. The fraction of sp³-hybridized carbons (Fsp3) is 0.800. The number of hydrogen-bond acceptors (Lipinski definition) is 3. The van der Waals surface area contributed by atoms with Crippen molar-refractivity contribution in [2.24, 2.45) is 17.3 Å². The highest BCUT2D eigenvalue weighted by atomic mass is 16.6. The molecule has 0 radical (unpaired) electrons. The second-order valence-electron chi connectivity index (χ2n) is 6.59. The minimum Gasteiger partial charge on any atom is -0.452 e. The zero-order valence-corrected chi connectivity index (χ0v) is 11.4.